The second-order valence-corrected chi connectivity index (χ2v) is 7.49. The van der Waals surface area contributed by atoms with Crippen LogP contribution in [-0.4, -0.2) is 34.4 Å². The van der Waals surface area contributed by atoms with Crippen molar-refractivity contribution in [2.24, 2.45) is 0 Å². The number of amides is 2. The molecule has 3 heterocycles. The van der Waals surface area contributed by atoms with Crippen molar-refractivity contribution in [1.82, 2.24) is 9.97 Å². The summed E-state index contributed by atoms with van der Waals surface area (Å²) in [7, 11) is 0. The highest BCUT2D eigenvalue weighted by atomic mass is 19.1. The van der Waals surface area contributed by atoms with Crippen molar-refractivity contribution in [3.05, 3.63) is 46.0 Å². The number of hydrogen-bond donors (Lipinski definition) is 3. The van der Waals surface area contributed by atoms with Gasteiger partial charge in [0.15, 0.2) is 0 Å². The normalized spacial score (nSPS) is 21.3. The summed E-state index contributed by atoms with van der Waals surface area (Å²) in [4.78, 5) is 47.1. The standard InChI is InChI=1S/C20H22FN5O3/c1-11-4-2-3-9-26(11)20-24-17-16(19(29)25-20)14(10-15(27)23-17)18(28)22-13-7-5-12(21)6-8-13/h5-8,11,14H,2-4,9-10H2,1H3,(H,22,28)(H2,23,24,25,27,29)/t11-,14+/m0/s1. The van der Waals surface area contributed by atoms with Gasteiger partial charge in [0.25, 0.3) is 5.56 Å². The molecule has 2 aromatic rings. The Balaban J connectivity index is 1.65. The number of rotatable bonds is 3. The topological polar surface area (TPSA) is 107 Å². The predicted molar refractivity (Wildman–Crippen MR) is 107 cm³/mol. The summed E-state index contributed by atoms with van der Waals surface area (Å²) in [5, 5.41) is 5.26. The van der Waals surface area contributed by atoms with Crippen LogP contribution < -0.4 is 21.1 Å². The molecule has 29 heavy (non-hydrogen) atoms. The van der Waals surface area contributed by atoms with E-state index in [2.05, 4.69) is 27.5 Å². The highest BCUT2D eigenvalue weighted by Crippen LogP contribution is 2.31. The molecule has 0 aliphatic carbocycles. The summed E-state index contributed by atoms with van der Waals surface area (Å²) in [6.45, 7) is 2.83. The zero-order chi connectivity index (χ0) is 20.5. The van der Waals surface area contributed by atoms with Crippen LogP contribution in [0.5, 0.6) is 0 Å². The molecule has 8 nitrogen and oxygen atoms in total. The molecule has 2 aliphatic heterocycles. The van der Waals surface area contributed by atoms with Gasteiger partial charge in [-0.3, -0.25) is 19.4 Å². The molecule has 0 unspecified atom stereocenters. The quantitative estimate of drug-likeness (QED) is 0.734. The molecule has 0 saturated carbocycles. The van der Waals surface area contributed by atoms with Gasteiger partial charge in [0.1, 0.15) is 11.6 Å². The molecule has 2 aliphatic rings. The van der Waals surface area contributed by atoms with Crippen molar-refractivity contribution in [3.8, 4) is 0 Å². The first-order chi connectivity index (χ1) is 13.9. The van der Waals surface area contributed by atoms with Gasteiger partial charge in [-0.2, -0.15) is 4.98 Å². The summed E-state index contributed by atoms with van der Waals surface area (Å²) in [5.41, 5.74) is 0.0757. The molecule has 1 aromatic heterocycles. The molecule has 152 valence electrons. The molecule has 4 rings (SSSR count). The minimum absolute atomic E-state index is 0.122. The van der Waals surface area contributed by atoms with Gasteiger partial charge in [-0.15, -0.1) is 0 Å². The maximum atomic E-state index is 13.1. The highest BCUT2D eigenvalue weighted by molar-refractivity contribution is 6.04. The summed E-state index contributed by atoms with van der Waals surface area (Å²) < 4.78 is 13.1. The van der Waals surface area contributed by atoms with Crippen LogP contribution in [0.15, 0.2) is 29.1 Å². The van der Waals surface area contributed by atoms with E-state index in [1.165, 1.54) is 24.3 Å². The van der Waals surface area contributed by atoms with E-state index in [0.29, 0.717) is 11.6 Å². The lowest BCUT2D eigenvalue weighted by atomic mass is 9.92. The fraction of sp³-hybridized carbons (Fsp3) is 0.400. The van der Waals surface area contributed by atoms with Crippen molar-refractivity contribution in [3.63, 3.8) is 0 Å². The first-order valence-electron chi connectivity index (χ1n) is 9.69. The number of benzene rings is 1. The Morgan fingerprint density at radius 3 is 2.72 bits per heavy atom. The second-order valence-electron chi connectivity index (χ2n) is 7.49. The van der Waals surface area contributed by atoms with Crippen LogP contribution in [-0.2, 0) is 9.59 Å². The van der Waals surface area contributed by atoms with E-state index in [0.717, 1.165) is 25.8 Å². The molecule has 1 aromatic carbocycles. The lowest BCUT2D eigenvalue weighted by Crippen LogP contribution is -2.41. The summed E-state index contributed by atoms with van der Waals surface area (Å²) in [5.74, 6) is -1.78. The van der Waals surface area contributed by atoms with Gasteiger partial charge in [-0.1, -0.05) is 0 Å². The molecule has 3 N–H and O–H groups in total. The average molecular weight is 399 g/mol. The van der Waals surface area contributed by atoms with Gasteiger partial charge >= 0.3 is 0 Å². The van der Waals surface area contributed by atoms with E-state index in [1.54, 1.807) is 0 Å². The number of anilines is 3. The Kier molecular flexibility index (Phi) is 5.04. The van der Waals surface area contributed by atoms with Crippen LogP contribution in [0.1, 0.15) is 44.1 Å². The number of H-pyrrole nitrogens is 1. The third-order valence-corrected chi connectivity index (χ3v) is 5.44. The second kappa shape index (κ2) is 7.65. The molecular weight excluding hydrogens is 377 g/mol. The number of nitrogens with one attached hydrogen (secondary N) is 3. The van der Waals surface area contributed by atoms with E-state index >= 15 is 0 Å². The molecule has 0 radical (unpaired) electrons. The fourth-order valence-electron chi connectivity index (χ4n) is 3.89. The zero-order valence-corrected chi connectivity index (χ0v) is 16.0. The molecule has 0 bridgehead atoms. The van der Waals surface area contributed by atoms with Crippen LogP contribution in [0.3, 0.4) is 0 Å². The molecule has 2 atom stereocenters. The first-order valence-corrected chi connectivity index (χ1v) is 9.69. The van der Waals surface area contributed by atoms with Crippen molar-refractivity contribution in [1.29, 1.82) is 0 Å². The van der Waals surface area contributed by atoms with Crippen LogP contribution in [0.25, 0.3) is 0 Å². The van der Waals surface area contributed by atoms with Crippen LogP contribution in [0, 0.1) is 5.82 Å². The smallest absolute Gasteiger partial charge is 0.258 e. The van der Waals surface area contributed by atoms with Crippen molar-refractivity contribution in [2.75, 3.05) is 22.1 Å². The number of nitrogens with zero attached hydrogens (tertiary/aromatic N) is 2. The number of aromatic nitrogens is 2. The highest BCUT2D eigenvalue weighted by Gasteiger charge is 2.35. The van der Waals surface area contributed by atoms with Gasteiger partial charge < -0.3 is 15.5 Å². The number of fused-ring (bicyclic) bond motifs is 1. The third-order valence-electron chi connectivity index (χ3n) is 5.44. The summed E-state index contributed by atoms with van der Waals surface area (Å²) >= 11 is 0. The molecule has 9 heteroatoms. The number of piperidine rings is 1. The van der Waals surface area contributed by atoms with Crippen molar-refractivity contribution in [2.45, 2.75) is 44.6 Å². The van der Waals surface area contributed by atoms with Gasteiger partial charge in [0, 0.05) is 24.7 Å². The lowest BCUT2D eigenvalue weighted by Gasteiger charge is -2.34. The fourth-order valence-corrected chi connectivity index (χ4v) is 3.89. The maximum absolute atomic E-state index is 13.1. The minimum Gasteiger partial charge on any atom is -0.340 e. The lowest BCUT2D eigenvalue weighted by molar-refractivity contribution is -0.123. The Morgan fingerprint density at radius 2 is 2.00 bits per heavy atom. The van der Waals surface area contributed by atoms with Gasteiger partial charge in [0.2, 0.25) is 17.8 Å². The van der Waals surface area contributed by atoms with Gasteiger partial charge in [-0.05, 0) is 50.5 Å². The third kappa shape index (κ3) is 3.85. The first kappa shape index (κ1) is 19.1. The minimum atomic E-state index is -0.979. The van der Waals surface area contributed by atoms with E-state index in [4.69, 9.17) is 0 Å². The van der Waals surface area contributed by atoms with Crippen molar-refractivity contribution < 1.29 is 14.0 Å². The van der Waals surface area contributed by atoms with Crippen LogP contribution in [0.2, 0.25) is 0 Å². The Hall–Kier alpha value is -3.23. The van der Waals surface area contributed by atoms with Crippen LogP contribution in [0.4, 0.5) is 21.8 Å². The van der Waals surface area contributed by atoms with Crippen LogP contribution >= 0.6 is 0 Å². The Labute approximate surface area is 166 Å². The SMILES string of the molecule is C[C@H]1CCCCN1c1nc2c(c(=O)[nH]1)[C@H](C(=O)Nc1ccc(F)cc1)CC(=O)N2. The molecule has 1 saturated heterocycles. The maximum Gasteiger partial charge on any atom is 0.258 e. The van der Waals surface area contributed by atoms with Crippen molar-refractivity contribution >= 4 is 29.3 Å². The number of halogens is 1. The molecule has 1 fully saturated rings. The van der Waals surface area contributed by atoms with Gasteiger partial charge in [-0.25, -0.2) is 4.39 Å². The van der Waals surface area contributed by atoms with E-state index in [-0.39, 0.29) is 29.8 Å². The van der Waals surface area contributed by atoms with E-state index in [9.17, 15) is 18.8 Å². The van der Waals surface area contributed by atoms with E-state index in [1.807, 2.05) is 4.90 Å². The molecular formula is C20H22FN5O3. The predicted octanol–water partition coefficient (Wildman–Crippen LogP) is 2.35. The number of hydrogen-bond acceptors (Lipinski definition) is 5. The summed E-state index contributed by atoms with van der Waals surface area (Å²) in [6.07, 6.45) is 2.95. The molecule has 2 amide bonds. The zero-order valence-electron chi connectivity index (χ0n) is 16.0. The summed E-state index contributed by atoms with van der Waals surface area (Å²) in [6, 6.07) is 5.50. The monoisotopic (exact) mass is 399 g/mol. The Morgan fingerprint density at radius 1 is 1.24 bits per heavy atom. The largest absolute Gasteiger partial charge is 0.340 e. The number of carbonyl (C=O) groups is 2. The average Bonchev–Trinajstić information content (AvgIpc) is 2.69. The Bertz CT molecular complexity index is 1000. The van der Waals surface area contributed by atoms with E-state index < -0.39 is 23.2 Å². The van der Waals surface area contributed by atoms with Gasteiger partial charge in [0.05, 0.1) is 11.5 Å². The molecule has 0 spiro atoms. The number of carbonyl (C=O) groups excluding carboxylic acids is 2. The number of aromatic amines is 1.